The molecule has 3 rings (SSSR count). The van der Waals surface area contributed by atoms with Crippen molar-refractivity contribution in [1.82, 2.24) is 25.1 Å². The number of rotatable bonds is 9. The van der Waals surface area contributed by atoms with Crippen LogP contribution in [0.25, 0.3) is 0 Å². The summed E-state index contributed by atoms with van der Waals surface area (Å²) in [6, 6.07) is 4.25. The standard InChI is InChI=1S/C23H34F2N6/c1-3-26-23(28-11-4-5-14-31-15-12-27-18(31)2)29-19-8-7-13-30(16-19)17-20-21(24)9-6-10-22(20)25/h6,9-10,12,15,19H,3-5,7-8,11,13-14,16-17H2,1-2H3,(H2,26,28,29). The average molecular weight is 433 g/mol. The van der Waals surface area contributed by atoms with Gasteiger partial charge in [0.25, 0.3) is 0 Å². The first kappa shape index (κ1) is 23.2. The minimum atomic E-state index is -0.476. The number of guanidine groups is 1. The molecule has 1 unspecified atom stereocenters. The van der Waals surface area contributed by atoms with E-state index < -0.39 is 11.6 Å². The van der Waals surface area contributed by atoms with Gasteiger partial charge in [0, 0.05) is 56.7 Å². The molecular formula is C23H34F2N6. The van der Waals surface area contributed by atoms with Crippen molar-refractivity contribution in [2.24, 2.45) is 4.99 Å². The Morgan fingerprint density at radius 1 is 1.26 bits per heavy atom. The molecule has 31 heavy (non-hydrogen) atoms. The minimum Gasteiger partial charge on any atom is -0.357 e. The summed E-state index contributed by atoms with van der Waals surface area (Å²) in [5.74, 6) is 0.896. The van der Waals surface area contributed by atoms with Gasteiger partial charge in [-0.15, -0.1) is 0 Å². The summed E-state index contributed by atoms with van der Waals surface area (Å²) in [4.78, 5) is 11.1. The number of aromatic nitrogens is 2. The van der Waals surface area contributed by atoms with Crippen molar-refractivity contribution in [3.05, 3.63) is 53.6 Å². The van der Waals surface area contributed by atoms with E-state index >= 15 is 0 Å². The smallest absolute Gasteiger partial charge is 0.191 e. The van der Waals surface area contributed by atoms with Crippen molar-refractivity contribution < 1.29 is 8.78 Å². The number of aliphatic imine (C=N–C) groups is 1. The van der Waals surface area contributed by atoms with Crippen molar-refractivity contribution in [2.75, 3.05) is 26.2 Å². The van der Waals surface area contributed by atoms with Gasteiger partial charge in [0.15, 0.2) is 5.96 Å². The van der Waals surface area contributed by atoms with Crippen molar-refractivity contribution >= 4 is 5.96 Å². The number of hydrogen-bond acceptors (Lipinski definition) is 3. The Kier molecular flexibility index (Phi) is 8.82. The number of imidazole rings is 1. The van der Waals surface area contributed by atoms with E-state index in [4.69, 9.17) is 4.99 Å². The zero-order chi connectivity index (χ0) is 22.1. The topological polar surface area (TPSA) is 57.5 Å². The van der Waals surface area contributed by atoms with E-state index in [-0.39, 0.29) is 18.2 Å². The van der Waals surface area contributed by atoms with Crippen LogP contribution < -0.4 is 10.6 Å². The molecule has 8 heteroatoms. The number of halogens is 2. The summed E-state index contributed by atoms with van der Waals surface area (Å²) in [6.45, 7) is 8.42. The van der Waals surface area contributed by atoms with E-state index in [1.54, 1.807) is 0 Å². The molecule has 1 saturated heterocycles. The van der Waals surface area contributed by atoms with Crippen LogP contribution in [0, 0.1) is 18.6 Å². The van der Waals surface area contributed by atoms with Crippen LogP contribution in [0.3, 0.4) is 0 Å². The SMILES string of the molecule is CCNC(=NCCCCn1ccnc1C)NC1CCCN(Cc2c(F)cccc2F)C1. The Morgan fingerprint density at radius 2 is 2.06 bits per heavy atom. The number of likely N-dealkylation sites (tertiary alicyclic amines) is 1. The zero-order valence-corrected chi connectivity index (χ0v) is 18.6. The number of benzene rings is 1. The summed E-state index contributed by atoms with van der Waals surface area (Å²) in [5.41, 5.74) is 0.150. The molecule has 2 heterocycles. The third-order valence-corrected chi connectivity index (χ3v) is 5.63. The van der Waals surface area contributed by atoms with Gasteiger partial charge in [-0.3, -0.25) is 9.89 Å². The van der Waals surface area contributed by atoms with Gasteiger partial charge in [-0.2, -0.15) is 0 Å². The summed E-state index contributed by atoms with van der Waals surface area (Å²) in [7, 11) is 0. The molecule has 0 radical (unpaired) electrons. The van der Waals surface area contributed by atoms with Crippen LogP contribution in [0.1, 0.15) is 44.0 Å². The third-order valence-electron chi connectivity index (χ3n) is 5.63. The first-order valence-electron chi connectivity index (χ1n) is 11.2. The lowest BCUT2D eigenvalue weighted by molar-refractivity contribution is 0.188. The molecular weight excluding hydrogens is 398 g/mol. The lowest BCUT2D eigenvalue weighted by Gasteiger charge is -2.34. The normalized spacial score (nSPS) is 17.7. The summed E-state index contributed by atoms with van der Waals surface area (Å²) in [6.07, 6.45) is 7.88. The van der Waals surface area contributed by atoms with Crippen molar-refractivity contribution in [1.29, 1.82) is 0 Å². The maximum absolute atomic E-state index is 14.0. The monoisotopic (exact) mass is 432 g/mol. The molecule has 0 spiro atoms. The Labute approximate surface area is 183 Å². The molecule has 1 aliphatic heterocycles. The fourth-order valence-electron chi connectivity index (χ4n) is 3.96. The Hall–Kier alpha value is -2.48. The molecule has 1 fully saturated rings. The van der Waals surface area contributed by atoms with E-state index in [2.05, 4.69) is 25.1 Å². The third kappa shape index (κ3) is 7.02. The van der Waals surface area contributed by atoms with Crippen LogP contribution in [0.2, 0.25) is 0 Å². The number of hydrogen-bond donors (Lipinski definition) is 2. The van der Waals surface area contributed by atoms with Crippen LogP contribution in [0.4, 0.5) is 8.78 Å². The van der Waals surface area contributed by atoms with Crippen LogP contribution >= 0.6 is 0 Å². The Morgan fingerprint density at radius 3 is 2.77 bits per heavy atom. The van der Waals surface area contributed by atoms with Gasteiger partial charge in [0.2, 0.25) is 0 Å². The molecule has 2 N–H and O–H groups in total. The largest absolute Gasteiger partial charge is 0.357 e. The van der Waals surface area contributed by atoms with Gasteiger partial charge in [0.05, 0.1) is 0 Å². The number of unbranched alkanes of at least 4 members (excludes halogenated alkanes) is 1. The fourth-order valence-corrected chi connectivity index (χ4v) is 3.96. The molecule has 1 aromatic heterocycles. The van der Waals surface area contributed by atoms with Gasteiger partial charge < -0.3 is 15.2 Å². The van der Waals surface area contributed by atoms with Crippen LogP contribution in [0.5, 0.6) is 0 Å². The highest BCUT2D eigenvalue weighted by atomic mass is 19.1. The highest BCUT2D eigenvalue weighted by molar-refractivity contribution is 5.80. The fraction of sp³-hybridized carbons (Fsp3) is 0.565. The maximum atomic E-state index is 14.0. The summed E-state index contributed by atoms with van der Waals surface area (Å²) >= 11 is 0. The van der Waals surface area contributed by atoms with E-state index in [1.165, 1.54) is 18.2 Å². The predicted molar refractivity (Wildman–Crippen MR) is 120 cm³/mol. The highest BCUT2D eigenvalue weighted by Crippen LogP contribution is 2.18. The molecule has 0 bridgehead atoms. The minimum absolute atomic E-state index is 0.150. The summed E-state index contributed by atoms with van der Waals surface area (Å²) < 4.78 is 30.2. The van der Waals surface area contributed by atoms with Crippen molar-refractivity contribution in [3.63, 3.8) is 0 Å². The number of piperidine rings is 1. The number of nitrogens with zero attached hydrogens (tertiary/aromatic N) is 4. The second-order valence-corrected chi connectivity index (χ2v) is 8.05. The highest BCUT2D eigenvalue weighted by Gasteiger charge is 2.22. The molecule has 1 aliphatic rings. The second-order valence-electron chi connectivity index (χ2n) is 8.05. The van der Waals surface area contributed by atoms with E-state index in [0.717, 1.165) is 70.2 Å². The lowest BCUT2D eigenvalue weighted by atomic mass is 10.0. The van der Waals surface area contributed by atoms with Gasteiger partial charge in [-0.1, -0.05) is 6.07 Å². The number of nitrogens with one attached hydrogen (secondary N) is 2. The predicted octanol–water partition coefficient (Wildman–Crippen LogP) is 3.47. The van der Waals surface area contributed by atoms with Crippen LogP contribution in [-0.4, -0.2) is 52.6 Å². The quantitative estimate of drug-likeness (QED) is 0.362. The van der Waals surface area contributed by atoms with Gasteiger partial charge >= 0.3 is 0 Å². The first-order chi connectivity index (χ1) is 15.1. The van der Waals surface area contributed by atoms with E-state index in [0.29, 0.717) is 0 Å². The van der Waals surface area contributed by atoms with E-state index in [9.17, 15) is 8.78 Å². The zero-order valence-electron chi connectivity index (χ0n) is 18.6. The van der Waals surface area contributed by atoms with Crippen molar-refractivity contribution in [2.45, 2.75) is 58.7 Å². The van der Waals surface area contributed by atoms with Gasteiger partial charge in [0.1, 0.15) is 17.5 Å². The second kappa shape index (κ2) is 11.8. The molecule has 1 aromatic carbocycles. The lowest BCUT2D eigenvalue weighted by Crippen LogP contribution is -2.51. The van der Waals surface area contributed by atoms with Gasteiger partial charge in [-0.05, 0) is 58.2 Å². The number of aryl methyl sites for hydroxylation is 2. The molecule has 1 atom stereocenters. The molecule has 2 aromatic rings. The molecule has 0 saturated carbocycles. The molecule has 0 aliphatic carbocycles. The average Bonchev–Trinajstić information content (AvgIpc) is 3.16. The Bertz CT molecular complexity index is 830. The van der Waals surface area contributed by atoms with Crippen molar-refractivity contribution in [3.8, 4) is 0 Å². The Balaban J connectivity index is 1.48. The molecule has 0 amide bonds. The maximum Gasteiger partial charge on any atom is 0.191 e. The molecule has 6 nitrogen and oxygen atoms in total. The first-order valence-corrected chi connectivity index (χ1v) is 11.2. The molecule has 170 valence electrons. The van der Waals surface area contributed by atoms with Crippen LogP contribution in [0.15, 0.2) is 35.6 Å². The van der Waals surface area contributed by atoms with E-state index in [1.807, 2.05) is 26.2 Å². The summed E-state index contributed by atoms with van der Waals surface area (Å²) in [5, 5.41) is 6.82. The van der Waals surface area contributed by atoms with Crippen LogP contribution in [-0.2, 0) is 13.1 Å². The van der Waals surface area contributed by atoms with Gasteiger partial charge in [-0.25, -0.2) is 13.8 Å².